The summed E-state index contributed by atoms with van der Waals surface area (Å²) >= 11 is 0. The van der Waals surface area contributed by atoms with Crippen LogP contribution in [0.3, 0.4) is 0 Å². The average Bonchev–Trinajstić information content (AvgIpc) is 2.30. The third-order valence-corrected chi connectivity index (χ3v) is 4.04. The normalized spacial score (nSPS) is 30.1. The van der Waals surface area contributed by atoms with Crippen LogP contribution in [0, 0.1) is 5.92 Å². The third-order valence-electron chi connectivity index (χ3n) is 4.04. The van der Waals surface area contributed by atoms with E-state index in [9.17, 15) is 4.79 Å². The van der Waals surface area contributed by atoms with Crippen molar-refractivity contribution in [3.8, 4) is 0 Å². The summed E-state index contributed by atoms with van der Waals surface area (Å²) in [6, 6.07) is 0. The lowest BCUT2D eigenvalue weighted by atomic mass is 9.74. The van der Waals surface area contributed by atoms with E-state index in [1.54, 1.807) is 0 Å². The number of methoxy groups -OCH3 is 1. The van der Waals surface area contributed by atoms with Gasteiger partial charge in [-0.3, -0.25) is 4.79 Å². The molecule has 1 saturated carbocycles. The second-order valence-electron chi connectivity index (χ2n) is 4.98. The van der Waals surface area contributed by atoms with E-state index in [0.717, 1.165) is 19.4 Å². The summed E-state index contributed by atoms with van der Waals surface area (Å²) in [4.78, 5) is 11.4. The van der Waals surface area contributed by atoms with Crippen molar-refractivity contribution in [3.05, 3.63) is 0 Å². The van der Waals surface area contributed by atoms with E-state index in [4.69, 9.17) is 4.74 Å². The van der Waals surface area contributed by atoms with Gasteiger partial charge in [0, 0.05) is 12.1 Å². The van der Waals surface area contributed by atoms with Gasteiger partial charge in [0.2, 0.25) is 0 Å². The Hall–Kier alpha value is -0.570. The summed E-state index contributed by atoms with van der Waals surface area (Å²) in [5.74, 6) is 0.0377. The van der Waals surface area contributed by atoms with Gasteiger partial charge in [-0.2, -0.15) is 0 Å². The van der Waals surface area contributed by atoms with Crippen LogP contribution in [0.2, 0.25) is 0 Å². The molecule has 0 aromatic heterocycles. The summed E-state index contributed by atoms with van der Waals surface area (Å²) in [6.07, 6.45) is 8.80. The van der Waals surface area contributed by atoms with Gasteiger partial charge in [0.15, 0.2) is 0 Å². The Morgan fingerprint density at radius 1 is 1.27 bits per heavy atom. The second kappa shape index (κ2) is 4.52. The van der Waals surface area contributed by atoms with Crippen molar-refractivity contribution in [1.29, 1.82) is 0 Å². The number of nitrogens with one attached hydrogen (secondary N) is 1. The van der Waals surface area contributed by atoms with Crippen LogP contribution < -0.4 is 5.32 Å². The first kappa shape index (κ1) is 10.9. The van der Waals surface area contributed by atoms with Gasteiger partial charge in [0.1, 0.15) is 0 Å². The van der Waals surface area contributed by atoms with E-state index in [2.05, 4.69) is 5.32 Å². The highest BCUT2D eigenvalue weighted by atomic mass is 16.5. The topological polar surface area (TPSA) is 38.3 Å². The lowest BCUT2D eigenvalue weighted by molar-refractivity contribution is -0.146. The molecule has 0 amide bonds. The predicted molar refractivity (Wildman–Crippen MR) is 58.6 cm³/mol. The van der Waals surface area contributed by atoms with Crippen molar-refractivity contribution in [2.45, 2.75) is 50.5 Å². The van der Waals surface area contributed by atoms with Crippen LogP contribution in [0.15, 0.2) is 0 Å². The number of carbonyl (C=O) groups excluding carboxylic acids is 1. The molecule has 1 heterocycles. The second-order valence-corrected chi connectivity index (χ2v) is 4.98. The largest absolute Gasteiger partial charge is 0.469 e. The minimum absolute atomic E-state index is 0.0480. The molecule has 1 atom stereocenters. The van der Waals surface area contributed by atoms with Crippen molar-refractivity contribution >= 4 is 5.97 Å². The van der Waals surface area contributed by atoms with Gasteiger partial charge in [-0.05, 0) is 25.7 Å². The van der Waals surface area contributed by atoms with Crippen LogP contribution >= 0.6 is 0 Å². The van der Waals surface area contributed by atoms with Gasteiger partial charge in [-0.1, -0.05) is 19.3 Å². The van der Waals surface area contributed by atoms with E-state index in [0.29, 0.717) is 5.54 Å². The first-order valence-corrected chi connectivity index (χ1v) is 6.09. The molecule has 1 aliphatic carbocycles. The smallest absolute Gasteiger partial charge is 0.309 e. The van der Waals surface area contributed by atoms with Crippen LogP contribution in [-0.4, -0.2) is 25.2 Å². The molecule has 1 spiro atoms. The van der Waals surface area contributed by atoms with Gasteiger partial charge in [-0.25, -0.2) is 0 Å². The van der Waals surface area contributed by atoms with E-state index < -0.39 is 0 Å². The molecular weight excluding hydrogens is 190 g/mol. The van der Waals surface area contributed by atoms with Gasteiger partial charge >= 0.3 is 5.97 Å². The molecule has 3 nitrogen and oxygen atoms in total. The third kappa shape index (κ3) is 2.33. The number of hydrogen-bond acceptors (Lipinski definition) is 3. The monoisotopic (exact) mass is 211 g/mol. The zero-order valence-electron chi connectivity index (χ0n) is 9.55. The molecular formula is C12H21NO2. The zero-order valence-corrected chi connectivity index (χ0v) is 9.55. The highest BCUT2D eigenvalue weighted by Gasteiger charge is 2.37. The minimum atomic E-state index is -0.0480. The molecule has 2 aliphatic rings. The van der Waals surface area contributed by atoms with Crippen molar-refractivity contribution in [3.63, 3.8) is 0 Å². The molecule has 3 heteroatoms. The maximum atomic E-state index is 11.4. The Morgan fingerprint density at radius 2 is 2.00 bits per heavy atom. The van der Waals surface area contributed by atoms with Crippen LogP contribution in [0.25, 0.3) is 0 Å². The zero-order chi connectivity index (χ0) is 10.7. The van der Waals surface area contributed by atoms with Gasteiger partial charge in [-0.15, -0.1) is 0 Å². The lowest BCUT2D eigenvalue weighted by Gasteiger charge is -2.43. The van der Waals surface area contributed by atoms with E-state index >= 15 is 0 Å². The summed E-state index contributed by atoms with van der Waals surface area (Å²) in [5.41, 5.74) is 0.364. The predicted octanol–water partition coefficient (Wildman–Crippen LogP) is 1.86. The SMILES string of the molecule is COC(=O)C1CCC2(CCCCC2)NC1. The van der Waals surface area contributed by atoms with Crippen LogP contribution in [0.1, 0.15) is 44.9 Å². The van der Waals surface area contributed by atoms with Crippen molar-refractivity contribution in [2.75, 3.05) is 13.7 Å². The van der Waals surface area contributed by atoms with Gasteiger partial charge in [0.25, 0.3) is 0 Å². The molecule has 1 unspecified atom stereocenters. The molecule has 0 bridgehead atoms. The van der Waals surface area contributed by atoms with Gasteiger partial charge in [0.05, 0.1) is 13.0 Å². The summed E-state index contributed by atoms with van der Waals surface area (Å²) in [7, 11) is 1.48. The quantitative estimate of drug-likeness (QED) is 0.673. The van der Waals surface area contributed by atoms with Crippen molar-refractivity contribution in [2.24, 2.45) is 5.92 Å². The van der Waals surface area contributed by atoms with E-state index in [-0.39, 0.29) is 11.9 Å². The van der Waals surface area contributed by atoms with Crippen molar-refractivity contribution in [1.82, 2.24) is 5.32 Å². The van der Waals surface area contributed by atoms with Crippen molar-refractivity contribution < 1.29 is 9.53 Å². The van der Waals surface area contributed by atoms with Crippen LogP contribution in [0.4, 0.5) is 0 Å². The molecule has 0 aromatic rings. The number of carbonyl (C=O) groups is 1. The fourth-order valence-electron chi connectivity index (χ4n) is 3.00. The Labute approximate surface area is 91.6 Å². The Kier molecular flexibility index (Phi) is 3.29. The fraction of sp³-hybridized carbons (Fsp3) is 0.917. The first-order valence-electron chi connectivity index (χ1n) is 6.09. The summed E-state index contributed by atoms with van der Waals surface area (Å²) < 4.78 is 4.79. The minimum Gasteiger partial charge on any atom is -0.469 e. The summed E-state index contributed by atoms with van der Waals surface area (Å²) in [6.45, 7) is 0.812. The maximum absolute atomic E-state index is 11.4. The molecule has 0 aromatic carbocycles. The molecule has 0 radical (unpaired) electrons. The molecule has 1 saturated heterocycles. The Balaban J connectivity index is 1.88. The molecule has 2 rings (SSSR count). The number of rotatable bonds is 1. The van der Waals surface area contributed by atoms with Crippen LogP contribution in [0.5, 0.6) is 0 Å². The number of hydrogen-bond donors (Lipinski definition) is 1. The molecule has 15 heavy (non-hydrogen) atoms. The Bertz CT molecular complexity index is 224. The number of ether oxygens (including phenoxy) is 1. The lowest BCUT2D eigenvalue weighted by Crippen LogP contribution is -2.53. The standard InChI is InChI=1S/C12H21NO2/c1-15-11(14)10-5-8-12(13-9-10)6-3-2-4-7-12/h10,13H,2-9H2,1H3. The summed E-state index contributed by atoms with van der Waals surface area (Å²) in [5, 5.41) is 3.60. The molecule has 1 aliphatic heterocycles. The highest BCUT2D eigenvalue weighted by molar-refractivity contribution is 5.72. The van der Waals surface area contributed by atoms with E-state index in [1.807, 2.05) is 0 Å². The number of esters is 1. The van der Waals surface area contributed by atoms with E-state index in [1.165, 1.54) is 39.2 Å². The molecule has 1 N–H and O–H groups in total. The maximum Gasteiger partial charge on any atom is 0.309 e. The first-order chi connectivity index (χ1) is 7.26. The van der Waals surface area contributed by atoms with Gasteiger partial charge < -0.3 is 10.1 Å². The average molecular weight is 211 g/mol. The fourth-order valence-corrected chi connectivity index (χ4v) is 3.00. The number of piperidine rings is 1. The Morgan fingerprint density at radius 3 is 2.53 bits per heavy atom. The van der Waals surface area contributed by atoms with Crippen LogP contribution in [-0.2, 0) is 9.53 Å². The molecule has 2 fully saturated rings. The highest BCUT2D eigenvalue weighted by Crippen LogP contribution is 2.35. The molecule has 86 valence electrons.